The molecule has 0 saturated carbocycles. The lowest BCUT2D eigenvalue weighted by Gasteiger charge is -2.23. The van der Waals surface area contributed by atoms with Crippen LogP contribution >= 0.6 is 0 Å². The quantitative estimate of drug-likeness (QED) is 0.802. The van der Waals surface area contributed by atoms with Gasteiger partial charge in [-0.2, -0.15) is 0 Å². The zero-order valence-electron chi connectivity index (χ0n) is 10.4. The van der Waals surface area contributed by atoms with Gasteiger partial charge in [0.15, 0.2) is 0 Å². The number of hydrogen-bond acceptors (Lipinski definition) is 1. The van der Waals surface area contributed by atoms with Crippen LogP contribution in [0.2, 0.25) is 0 Å². The molecule has 0 aromatic heterocycles. The summed E-state index contributed by atoms with van der Waals surface area (Å²) in [4.78, 5) is 0. The Labute approximate surface area is 101 Å². The highest BCUT2D eigenvalue weighted by molar-refractivity contribution is 5.26. The monoisotopic (exact) mass is 242 g/mol. The minimum absolute atomic E-state index is 0.526. The van der Waals surface area contributed by atoms with Gasteiger partial charge in [-0.3, -0.25) is 0 Å². The molecule has 1 nitrogen and oxygen atoms in total. The van der Waals surface area contributed by atoms with Gasteiger partial charge in [0.05, 0.1) is 5.60 Å². The molecule has 0 aliphatic heterocycles. The maximum atomic E-state index is 12.3. The molecule has 0 radical (unpaired) electrons. The fraction of sp³-hybridized carbons (Fsp3) is 0.571. The van der Waals surface area contributed by atoms with Crippen LogP contribution < -0.4 is 0 Å². The van der Waals surface area contributed by atoms with Crippen LogP contribution in [-0.2, 0) is 12.0 Å². The Morgan fingerprint density at radius 2 is 1.82 bits per heavy atom. The van der Waals surface area contributed by atoms with Crippen molar-refractivity contribution in [2.24, 2.45) is 0 Å². The van der Waals surface area contributed by atoms with Crippen molar-refractivity contribution in [1.29, 1.82) is 0 Å². The van der Waals surface area contributed by atoms with Crippen molar-refractivity contribution in [2.75, 3.05) is 0 Å². The summed E-state index contributed by atoms with van der Waals surface area (Å²) in [5.41, 5.74) is 0.291. The summed E-state index contributed by atoms with van der Waals surface area (Å²) < 4.78 is 24.6. The van der Waals surface area contributed by atoms with Crippen molar-refractivity contribution in [3.63, 3.8) is 0 Å². The van der Waals surface area contributed by atoms with Crippen LogP contribution in [0.3, 0.4) is 0 Å². The number of aliphatic hydroxyl groups is 1. The lowest BCUT2D eigenvalue weighted by Crippen LogP contribution is -2.24. The average molecular weight is 242 g/mol. The SMILES string of the molecule is CCCCc1ccc(C(C)(O)CC(F)F)cc1. The van der Waals surface area contributed by atoms with E-state index < -0.39 is 18.4 Å². The minimum Gasteiger partial charge on any atom is -0.385 e. The molecular weight excluding hydrogens is 222 g/mol. The van der Waals surface area contributed by atoms with Gasteiger partial charge in [-0.15, -0.1) is 0 Å². The lowest BCUT2D eigenvalue weighted by atomic mass is 9.91. The molecule has 0 bridgehead atoms. The molecule has 1 atom stereocenters. The molecule has 1 aromatic rings. The van der Waals surface area contributed by atoms with Crippen molar-refractivity contribution in [2.45, 2.75) is 51.6 Å². The summed E-state index contributed by atoms with van der Waals surface area (Å²) in [5, 5.41) is 9.94. The van der Waals surface area contributed by atoms with E-state index in [1.807, 2.05) is 12.1 Å². The molecule has 0 spiro atoms. The van der Waals surface area contributed by atoms with Gasteiger partial charge in [-0.1, -0.05) is 37.6 Å². The Balaban J connectivity index is 2.72. The lowest BCUT2D eigenvalue weighted by molar-refractivity contribution is -0.0124. The first-order chi connectivity index (χ1) is 7.95. The van der Waals surface area contributed by atoms with Gasteiger partial charge in [-0.25, -0.2) is 8.78 Å². The molecule has 1 unspecified atom stereocenters. The molecule has 0 aliphatic carbocycles. The van der Waals surface area contributed by atoms with E-state index in [1.54, 1.807) is 12.1 Å². The average Bonchev–Trinajstić information content (AvgIpc) is 2.25. The maximum Gasteiger partial charge on any atom is 0.241 e. The fourth-order valence-corrected chi connectivity index (χ4v) is 1.83. The van der Waals surface area contributed by atoms with E-state index in [4.69, 9.17) is 0 Å². The molecule has 96 valence electrons. The number of unbranched alkanes of at least 4 members (excludes halogenated alkanes) is 1. The number of rotatable bonds is 6. The number of halogens is 2. The smallest absolute Gasteiger partial charge is 0.241 e. The van der Waals surface area contributed by atoms with Crippen LogP contribution in [0.25, 0.3) is 0 Å². The molecule has 0 saturated heterocycles. The van der Waals surface area contributed by atoms with E-state index in [1.165, 1.54) is 12.5 Å². The van der Waals surface area contributed by atoms with Crippen molar-refractivity contribution < 1.29 is 13.9 Å². The molecule has 1 rings (SSSR count). The highest BCUT2D eigenvalue weighted by atomic mass is 19.3. The van der Waals surface area contributed by atoms with Crippen molar-refractivity contribution in [3.05, 3.63) is 35.4 Å². The van der Waals surface area contributed by atoms with Gasteiger partial charge in [0.2, 0.25) is 6.43 Å². The van der Waals surface area contributed by atoms with E-state index in [0.717, 1.165) is 19.3 Å². The van der Waals surface area contributed by atoms with Crippen molar-refractivity contribution in [3.8, 4) is 0 Å². The third kappa shape index (κ3) is 4.43. The van der Waals surface area contributed by atoms with Gasteiger partial charge in [0, 0.05) is 6.42 Å². The van der Waals surface area contributed by atoms with Gasteiger partial charge in [0.25, 0.3) is 0 Å². The summed E-state index contributed by atoms with van der Waals surface area (Å²) in [6, 6.07) is 7.30. The number of aryl methyl sites for hydroxylation is 1. The Bertz CT molecular complexity index is 331. The first kappa shape index (κ1) is 14.1. The van der Waals surface area contributed by atoms with Crippen LogP contribution in [0.4, 0.5) is 8.78 Å². The van der Waals surface area contributed by atoms with Crippen LogP contribution in [0.1, 0.15) is 44.2 Å². The predicted octanol–water partition coefficient (Wildman–Crippen LogP) is 3.89. The van der Waals surface area contributed by atoms with Crippen molar-refractivity contribution in [1.82, 2.24) is 0 Å². The molecule has 1 N–H and O–H groups in total. The summed E-state index contributed by atoms with van der Waals surface area (Å²) in [6.07, 6.45) is 0.219. The van der Waals surface area contributed by atoms with Gasteiger partial charge in [0.1, 0.15) is 0 Å². The van der Waals surface area contributed by atoms with E-state index in [0.29, 0.717) is 5.56 Å². The molecule has 3 heteroatoms. The number of benzene rings is 1. The molecule has 1 aromatic carbocycles. The first-order valence-electron chi connectivity index (χ1n) is 6.05. The largest absolute Gasteiger partial charge is 0.385 e. The minimum atomic E-state index is -2.50. The summed E-state index contributed by atoms with van der Waals surface area (Å²) in [5.74, 6) is 0. The summed E-state index contributed by atoms with van der Waals surface area (Å²) >= 11 is 0. The van der Waals surface area contributed by atoms with E-state index in [2.05, 4.69) is 6.92 Å². The second-order valence-corrected chi connectivity index (χ2v) is 4.67. The highest BCUT2D eigenvalue weighted by Gasteiger charge is 2.27. The second-order valence-electron chi connectivity index (χ2n) is 4.67. The van der Waals surface area contributed by atoms with E-state index in [9.17, 15) is 13.9 Å². The normalized spacial score (nSPS) is 14.9. The molecule has 17 heavy (non-hydrogen) atoms. The second kappa shape index (κ2) is 6.10. The molecular formula is C14H20F2O. The Morgan fingerprint density at radius 3 is 2.29 bits per heavy atom. The Kier molecular flexibility index (Phi) is 5.06. The third-order valence-electron chi connectivity index (χ3n) is 2.95. The van der Waals surface area contributed by atoms with Gasteiger partial charge in [-0.05, 0) is 30.9 Å². The maximum absolute atomic E-state index is 12.3. The molecule has 0 heterocycles. The number of alkyl halides is 2. The fourth-order valence-electron chi connectivity index (χ4n) is 1.83. The predicted molar refractivity (Wildman–Crippen MR) is 65.2 cm³/mol. The zero-order chi connectivity index (χ0) is 12.9. The van der Waals surface area contributed by atoms with Gasteiger partial charge >= 0.3 is 0 Å². The standard InChI is InChI=1S/C14H20F2O/c1-3-4-5-11-6-8-12(9-7-11)14(2,17)10-13(15)16/h6-9,13,17H,3-5,10H2,1-2H3. The summed E-state index contributed by atoms with van der Waals surface area (Å²) in [7, 11) is 0. The van der Waals surface area contributed by atoms with Crippen LogP contribution in [0, 0.1) is 0 Å². The highest BCUT2D eigenvalue weighted by Crippen LogP contribution is 2.27. The topological polar surface area (TPSA) is 20.2 Å². The zero-order valence-corrected chi connectivity index (χ0v) is 10.4. The molecule has 0 aliphatic rings. The third-order valence-corrected chi connectivity index (χ3v) is 2.95. The Hall–Kier alpha value is -0.960. The summed E-state index contributed by atoms with van der Waals surface area (Å²) in [6.45, 7) is 3.56. The molecule has 0 fully saturated rings. The van der Waals surface area contributed by atoms with E-state index >= 15 is 0 Å². The van der Waals surface area contributed by atoms with Crippen LogP contribution in [0.15, 0.2) is 24.3 Å². The molecule has 0 amide bonds. The van der Waals surface area contributed by atoms with E-state index in [-0.39, 0.29) is 0 Å². The van der Waals surface area contributed by atoms with Crippen LogP contribution in [-0.4, -0.2) is 11.5 Å². The Morgan fingerprint density at radius 1 is 1.24 bits per heavy atom. The number of hydrogen-bond donors (Lipinski definition) is 1. The van der Waals surface area contributed by atoms with Crippen molar-refractivity contribution >= 4 is 0 Å². The first-order valence-corrected chi connectivity index (χ1v) is 6.05. The van der Waals surface area contributed by atoms with Gasteiger partial charge < -0.3 is 5.11 Å². The van der Waals surface area contributed by atoms with Crippen LogP contribution in [0.5, 0.6) is 0 Å².